The van der Waals surface area contributed by atoms with Crippen LogP contribution >= 0.6 is 0 Å². The molecule has 3 aromatic rings. The van der Waals surface area contributed by atoms with Gasteiger partial charge >= 0.3 is 6.03 Å². The van der Waals surface area contributed by atoms with E-state index in [0.717, 1.165) is 11.3 Å². The van der Waals surface area contributed by atoms with Crippen LogP contribution in [0.15, 0.2) is 79.0 Å². The van der Waals surface area contributed by atoms with Crippen molar-refractivity contribution < 1.29 is 13.9 Å². The Labute approximate surface area is 157 Å². The predicted octanol–water partition coefficient (Wildman–Crippen LogP) is 3.69. The smallest absolute Gasteiger partial charge is 0.315 e. The third-order valence-corrected chi connectivity index (χ3v) is 3.87. The molecule has 0 aliphatic carbocycles. The molecule has 0 aliphatic rings. The van der Waals surface area contributed by atoms with Crippen molar-refractivity contribution in [2.75, 3.05) is 13.2 Å². The van der Waals surface area contributed by atoms with Crippen LogP contribution in [0.4, 0.5) is 9.18 Å². The first kappa shape index (κ1) is 18.4. The highest BCUT2D eigenvalue weighted by Crippen LogP contribution is 2.19. The van der Waals surface area contributed by atoms with Gasteiger partial charge in [0.25, 0.3) is 0 Å². The quantitative estimate of drug-likeness (QED) is 0.628. The van der Waals surface area contributed by atoms with E-state index in [1.165, 1.54) is 6.07 Å². The largest absolute Gasteiger partial charge is 0.489 e. The summed E-state index contributed by atoms with van der Waals surface area (Å²) >= 11 is 0. The summed E-state index contributed by atoms with van der Waals surface area (Å²) in [5.74, 6) is -0.267. The van der Waals surface area contributed by atoms with E-state index in [0.29, 0.717) is 0 Å². The lowest BCUT2D eigenvalue weighted by Gasteiger charge is -2.19. The number of amides is 2. The van der Waals surface area contributed by atoms with E-state index in [9.17, 15) is 9.18 Å². The van der Waals surface area contributed by atoms with E-state index in [1.807, 2.05) is 48.5 Å². The van der Waals surface area contributed by atoms with Crippen molar-refractivity contribution in [2.24, 2.45) is 0 Å². The number of halogens is 1. The maximum Gasteiger partial charge on any atom is 0.315 e. The summed E-state index contributed by atoms with van der Waals surface area (Å²) < 4.78 is 18.8. The number of pyridine rings is 1. The molecule has 0 bridgehead atoms. The zero-order valence-electron chi connectivity index (χ0n) is 14.6. The van der Waals surface area contributed by atoms with Gasteiger partial charge in [-0.3, -0.25) is 4.98 Å². The molecule has 1 heterocycles. The lowest BCUT2D eigenvalue weighted by atomic mass is 10.0. The molecule has 3 rings (SSSR count). The van der Waals surface area contributed by atoms with Gasteiger partial charge in [0.05, 0.1) is 18.3 Å². The maximum absolute atomic E-state index is 13.5. The van der Waals surface area contributed by atoms with Gasteiger partial charge in [0.1, 0.15) is 6.61 Å². The van der Waals surface area contributed by atoms with Gasteiger partial charge in [-0.2, -0.15) is 0 Å². The molecular weight excluding hydrogens is 345 g/mol. The highest BCUT2D eigenvalue weighted by Gasteiger charge is 2.17. The first-order valence-corrected chi connectivity index (χ1v) is 8.61. The molecule has 2 aromatic carbocycles. The van der Waals surface area contributed by atoms with Crippen molar-refractivity contribution in [3.63, 3.8) is 0 Å². The Bertz CT molecular complexity index is 820. The Morgan fingerprint density at radius 1 is 1.00 bits per heavy atom. The minimum Gasteiger partial charge on any atom is -0.489 e. The summed E-state index contributed by atoms with van der Waals surface area (Å²) in [6, 6.07) is 20.6. The maximum atomic E-state index is 13.5. The molecule has 6 heteroatoms. The number of hydrogen-bond donors (Lipinski definition) is 2. The van der Waals surface area contributed by atoms with E-state index in [2.05, 4.69) is 15.6 Å². The lowest BCUT2D eigenvalue weighted by Crippen LogP contribution is -2.40. The van der Waals surface area contributed by atoms with Crippen LogP contribution in [0.5, 0.6) is 5.75 Å². The molecule has 0 spiro atoms. The SMILES string of the molecule is O=C(NCCOc1ccccc1F)N[C@H](c1ccccc1)c1ccccn1. The van der Waals surface area contributed by atoms with Crippen LogP contribution in [-0.2, 0) is 0 Å². The molecule has 5 nitrogen and oxygen atoms in total. The monoisotopic (exact) mass is 365 g/mol. The zero-order valence-corrected chi connectivity index (χ0v) is 14.6. The van der Waals surface area contributed by atoms with Gasteiger partial charge in [-0.15, -0.1) is 0 Å². The van der Waals surface area contributed by atoms with E-state index >= 15 is 0 Å². The Morgan fingerprint density at radius 2 is 1.74 bits per heavy atom. The summed E-state index contributed by atoms with van der Waals surface area (Å²) in [5, 5.41) is 5.63. The first-order valence-electron chi connectivity index (χ1n) is 8.61. The highest BCUT2D eigenvalue weighted by atomic mass is 19.1. The normalized spacial score (nSPS) is 11.4. The molecule has 1 atom stereocenters. The number of ether oxygens (including phenoxy) is 1. The molecule has 1 aromatic heterocycles. The number of para-hydroxylation sites is 1. The molecule has 0 saturated heterocycles. The number of nitrogens with zero attached hydrogens (tertiary/aromatic N) is 1. The van der Waals surface area contributed by atoms with Crippen LogP contribution in [-0.4, -0.2) is 24.2 Å². The number of carbonyl (C=O) groups excluding carboxylic acids is 1. The number of hydrogen-bond acceptors (Lipinski definition) is 3. The van der Waals surface area contributed by atoms with Crippen molar-refractivity contribution in [3.8, 4) is 5.75 Å². The number of nitrogens with one attached hydrogen (secondary N) is 2. The molecule has 27 heavy (non-hydrogen) atoms. The summed E-state index contributed by atoms with van der Waals surface area (Å²) in [4.78, 5) is 16.6. The first-order chi connectivity index (χ1) is 13.2. The number of aromatic nitrogens is 1. The Hall–Kier alpha value is -3.41. The molecular formula is C21H20FN3O2. The van der Waals surface area contributed by atoms with E-state index in [1.54, 1.807) is 24.4 Å². The Kier molecular flexibility index (Phi) is 6.35. The van der Waals surface area contributed by atoms with Gasteiger partial charge in [0, 0.05) is 6.20 Å². The van der Waals surface area contributed by atoms with Gasteiger partial charge in [0.2, 0.25) is 0 Å². The van der Waals surface area contributed by atoms with Crippen molar-refractivity contribution >= 4 is 6.03 Å². The molecule has 2 amide bonds. The van der Waals surface area contributed by atoms with E-state index in [4.69, 9.17) is 4.74 Å². The summed E-state index contributed by atoms with van der Waals surface area (Å²) in [6.45, 7) is 0.401. The van der Waals surface area contributed by atoms with Crippen LogP contribution in [0.2, 0.25) is 0 Å². The number of carbonyl (C=O) groups is 1. The van der Waals surface area contributed by atoms with Gasteiger partial charge in [-0.05, 0) is 29.8 Å². The van der Waals surface area contributed by atoms with Crippen molar-refractivity contribution in [2.45, 2.75) is 6.04 Å². The molecule has 0 unspecified atom stereocenters. The second kappa shape index (κ2) is 9.33. The van der Waals surface area contributed by atoms with E-state index in [-0.39, 0.29) is 31.0 Å². The second-order valence-corrected chi connectivity index (χ2v) is 5.78. The van der Waals surface area contributed by atoms with Crippen LogP contribution in [0.1, 0.15) is 17.3 Å². The summed E-state index contributed by atoms with van der Waals surface area (Å²) in [5.41, 5.74) is 1.66. The molecule has 138 valence electrons. The third-order valence-electron chi connectivity index (χ3n) is 3.87. The summed E-state index contributed by atoms with van der Waals surface area (Å²) in [6.07, 6.45) is 1.69. The molecule has 0 saturated carbocycles. The van der Waals surface area contributed by atoms with Crippen molar-refractivity contribution in [1.29, 1.82) is 0 Å². The summed E-state index contributed by atoms with van der Waals surface area (Å²) in [7, 11) is 0. The Balaban J connectivity index is 1.56. The fraction of sp³-hybridized carbons (Fsp3) is 0.143. The van der Waals surface area contributed by atoms with Gasteiger partial charge < -0.3 is 15.4 Å². The van der Waals surface area contributed by atoms with Crippen LogP contribution < -0.4 is 15.4 Å². The fourth-order valence-corrected chi connectivity index (χ4v) is 2.59. The standard InChI is InChI=1S/C21H20FN3O2/c22-17-10-4-5-12-19(17)27-15-14-24-21(26)25-20(16-8-2-1-3-9-16)18-11-6-7-13-23-18/h1-13,20H,14-15H2,(H2,24,25,26)/t20-/m1/s1. The number of urea groups is 1. The predicted molar refractivity (Wildman–Crippen MR) is 101 cm³/mol. The molecule has 2 N–H and O–H groups in total. The fourth-order valence-electron chi connectivity index (χ4n) is 2.59. The average Bonchev–Trinajstić information content (AvgIpc) is 2.72. The minimum absolute atomic E-state index is 0.161. The zero-order chi connectivity index (χ0) is 18.9. The van der Waals surface area contributed by atoms with Gasteiger partial charge in [0.15, 0.2) is 11.6 Å². The van der Waals surface area contributed by atoms with Crippen LogP contribution in [0.25, 0.3) is 0 Å². The topological polar surface area (TPSA) is 63.2 Å². The van der Waals surface area contributed by atoms with Gasteiger partial charge in [-0.1, -0.05) is 48.5 Å². The van der Waals surface area contributed by atoms with E-state index < -0.39 is 5.82 Å². The minimum atomic E-state index is -0.429. The molecule has 0 radical (unpaired) electrons. The highest BCUT2D eigenvalue weighted by molar-refractivity contribution is 5.74. The lowest BCUT2D eigenvalue weighted by molar-refractivity contribution is 0.233. The van der Waals surface area contributed by atoms with Crippen LogP contribution in [0.3, 0.4) is 0 Å². The van der Waals surface area contributed by atoms with Crippen molar-refractivity contribution in [1.82, 2.24) is 15.6 Å². The number of rotatable bonds is 7. The second-order valence-electron chi connectivity index (χ2n) is 5.78. The average molecular weight is 365 g/mol. The van der Waals surface area contributed by atoms with Crippen molar-refractivity contribution in [3.05, 3.63) is 96.1 Å². The van der Waals surface area contributed by atoms with Crippen LogP contribution in [0, 0.1) is 5.82 Å². The molecule has 0 aliphatic heterocycles. The Morgan fingerprint density at radius 3 is 2.48 bits per heavy atom. The third kappa shape index (κ3) is 5.28. The molecule has 0 fully saturated rings. The number of benzene rings is 2. The van der Waals surface area contributed by atoms with Gasteiger partial charge in [-0.25, -0.2) is 9.18 Å².